The number of carbonyl (C=O) groups is 2. The number of ether oxygens (including phenoxy) is 1. The van der Waals surface area contributed by atoms with Crippen LogP contribution in [0.2, 0.25) is 0 Å². The second kappa shape index (κ2) is 5.97. The van der Waals surface area contributed by atoms with Crippen LogP contribution < -0.4 is 10.6 Å². The molecule has 1 rings (SSSR count). The van der Waals surface area contributed by atoms with Crippen molar-refractivity contribution in [2.75, 3.05) is 19.7 Å². The van der Waals surface area contributed by atoms with Gasteiger partial charge in [-0.25, -0.2) is 4.79 Å². The molecule has 6 heteroatoms. The number of hydrogen-bond donors (Lipinski definition) is 3. The summed E-state index contributed by atoms with van der Waals surface area (Å²) in [5.74, 6) is -1.38. The summed E-state index contributed by atoms with van der Waals surface area (Å²) in [4.78, 5) is 23.0. The van der Waals surface area contributed by atoms with Crippen LogP contribution >= 0.6 is 0 Å². The lowest BCUT2D eigenvalue weighted by molar-refractivity contribution is -0.150. The lowest BCUT2D eigenvalue weighted by Gasteiger charge is -2.29. The molecule has 1 saturated heterocycles. The summed E-state index contributed by atoms with van der Waals surface area (Å²) in [5, 5.41) is 14.7. The van der Waals surface area contributed by atoms with Gasteiger partial charge in [0.15, 0.2) is 0 Å². The lowest BCUT2D eigenvalue weighted by atomic mass is 9.96. The summed E-state index contributed by atoms with van der Waals surface area (Å²) < 4.78 is 5.28. The van der Waals surface area contributed by atoms with E-state index in [9.17, 15) is 9.59 Å². The molecule has 1 aliphatic rings. The topological polar surface area (TPSA) is 87.7 Å². The van der Waals surface area contributed by atoms with Crippen LogP contribution in [0.5, 0.6) is 0 Å². The van der Waals surface area contributed by atoms with Gasteiger partial charge in [-0.1, -0.05) is 13.3 Å². The first-order chi connectivity index (χ1) is 7.99. The van der Waals surface area contributed by atoms with E-state index in [0.717, 1.165) is 6.54 Å². The molecule has 0 aromatic heterocycles. The van der Waals surface area contributed by atoms with Crippen LogP contribution in [0, 0.1) is 0 Å². The highest BCUT2D eigenvalue weighted by Crippen LogP contribution is 2.13. The van der Waals surface area contributed by atoms with Crippen molar-refractivity contribution in [2.24, 2.45) is 0 Å². The molecule has 0 bridgehead atoms. The highest BCUT2D eigenvalue weighted by atomic mass is 16.5. The Morgan fingerprint density at radius 2 is 2.29 bits per heavy atom. The number of carboxylic acids is 1. The molecular weight excluding hydrogens is 224 g/mol. The summed E-state index contributed by atoms with van der Waals surface area (Å²) >= 11 is 0. The van der Waals surface area contributed by atoms with Gasteiger partial charge in [0.25, 0.3) is 5.91 Å². The number of amides is 1. The SMILES string of the molecule is CCCC(C)(NC(=O)C1CNCCO1)C(=O)O. The molecule has 6 nitrogen and oxygen atoms in total. The Morgan fingerprint density at radius 3 is 2.76 bits per heavy atom. The molecule has 0 aromatic carbocycles. The van der Waals surface area contributed by atoms with Crippen molar-refractivity contribution in [1.29, 1.82) is 0 Å². The van der Waals surface area contributed by atoms with Gasteiger partial charge in [-0.3, -0.25) is 4.79 Å². The number of carboxylic acid groups (broad SMARTS) is 1. The predicted octanol–water partition coefficient (Wildman–Crippen LogP) is -0.266. The molecule has 1 heterocycles. The molecule has 17 heavy (non-hydrogen) atoms. The van der Waals surface area contributed by atoms with Crippen LogP contribution in [0.25, 0.3) is 0 Å². The molecule has 0 spiro atoms. The van der Waals surface area contributed by atoms with Crippen LogP contribution in [-0.2, 0) is 14.3 Å². The third kappa shape index (κ3) is 3.67. The molecular formula is C11H20N2O4. The van der Waals surface area contributed by atoms with Gasteiger partial charge in [-0.2, -0.15) is 0 Å². The highest BCUT2D eigenvalue weighted by molar-refractivity contribution is 5.89. The number of morpholine rings is 1. The first-order valence-corrected chi connectivity index (χ1v) is 5.87. The van der Waals surface area contributed by atoms with Crippen molar-refractivity contribution in [1.82, 2.24) is 10.6 Å². The summed E-state index contributed by atoms with van der Waals surface area (Å²) in [6.45, 7) is 5.01. The third-order valence-corrected chi connectivity index (χ3v) is 2.84. The minimum Gasteiger partial charge on any atom is -0.480 e. The number of nitrogens with one attached hydrogen (secondary N) is 2. The second-order valence-electron chi connectivity index (χ2n) is 4.44. The molecule has 2 unspecified atom stereocenters. The standard InChI is InChI=1S/C11H20N2O4/c1-3-4-11(2,10(15)16)13-9(14)8-7-12-5-6-17-8/h8,12H,3-7H2,1-2H3,(H,13,14)(H,15,16). The highest BCUT2D eigenvalue weighted by Gasteiger charge is 2.36. The van der Waals surface area contributed by atoms with Crippen molar-refractivity contribution in [3.63, 3.8) is 0 Å². The van der Waals surface area contributed by atoms with Gasteiger partial charge in [0, 0.05) is 13.1 Å². The maximum atomic E-state index is 11.9. The molecule has 98 valence electrons. The Morgan fingerprint density at radius 1 is 1.59 bits per heavy atom. The van der Waals surface area contributed by atoms with Crippen LogP contribution in [-0.4, -0.2) is 48.3 Å². The first kappa shape index (κ1) is 13.9. The van der Waals surface area contributed by atoms with E-state index in [1.165, 1.54) is 6.92 Å². The summed E-state index contributed by atoms with van der Waals surface area (Å²) in [6.07, 6.45) is 0.487. The van der Waals surface area contributed by atoms with E-state index in [1.54, 1.807) is 0 Å². The molecule has 3 N–H and O–H groups in total. The lowest BCUT2D eigenvalue weighted by Crippen LogP contribution is -2.57. The zero-order valence-corrected chi connectivity index (χ0v) is 10.3. The van der Waals surface area contributed by atoms with E-state index in [4.69, 9.17) is 9.84 Å². The minimum atomic E-state index is -1.22. The smallest absolute Gasteiger partial charge is 0.329 e. The van der Waals surface area contributed by atoms with Crippen LogP contribution in [0.3, 0.4) is 0 Å². The number of carbonyl (C=O) groups excluding carboxylic acids is 1. The zero-order chi connectivity index (χ0) is 12.9. The van der Waals surface area contributed by atoms with Gasteiger partial charge >= 0.3 is 5.97 Å². The molecule has 0 saturated carbocycles. The Hall–Kier alpha value is -1.14. The first-order valence-electron chi connectivity index (χ1n) is 5.87. The van der Waals surface area contributed by atoms with Gasteiger partial charge in [-0.05, 0) is 13.3 Å². The fourth-order valence-electron chi connectivity index (χ4n) is 1.81. The van der Waals surface area contributed by atoms with E-state index >= 15 is 0 Å². The fourth-order valence-corrected chi connectivity index (χ4v) is 1.81. The summed E-state index contributed by atoms with van der Waals surface area (Å²) in [5.41, 5.74) is -1.22. The second-order valence-corrected chi connectivity index (χ2v) is 4.44. The van der Waals surface area contributed by atoms with Gasteiger partial charge in [0.1, 0.15) is 11.6 Å². The average Bonchev–Trinajstić information content (AvgIpc) is 2.30. The Labute approximate surface area is 101 Å². The van der Waals surface area contributed by atoms with Crippen LogP contribution in [0.1, 0.15) is 26.7 Å². The van der Waals surface area contributed by atoms with Crippen LogP contribution in [0.15, 0.2) is 0 Å². The fraction of sp³-hybridized carbons (Fsp3) is 0.818. The molecule has 1 amide bonds. The van der Waals surface area contributed by atoms with Crippen molar-refractivity contribution >= 4 is 11.9 Å². The normalized spacial score (nSPS) is 23.8. The van der Waals surface area contributed by atoms with E-state index in [-0.39, 0.29) is 5.91 Å². The molecule has 0 aliphatic carbocycles. The maximum absolute atomic E-state index is 11.9. The third-order valence-electron chi connectivity index (χ3n) is 2.84. The van der Waals surface area contributed by atoms with E-state index in [1.807, 2.05) is 6.92 Å². The van der Waals surface area contributed by atoms with Crippen molar-refractivity contribution in [3.8, 4) is 0 Å². The molecule has 0 radical (unpaired) electrons. The zero-order valence-electron chi connectivity index (χ0n) is 10.3. The maximum Gasteiger partial charge on any atom is 0.329 e. The minimum absolute atomic E-state index is 0.365. The molecule has 0 aromatic rings. The van der Waals surface area contributed by atoms with E-state index < -0.39 is 17.6 Å². The number of rotatable bonds is 5. The van der Waals surface area contributed by atoms with Gasteiger partial charge in [0.2, 0.25) is 0 Å². The Bertz CT molecular complexity index is 289. The van der Waals surface area contributed by atoms with E-state index in [2.05, 4.69) is 10.6 Å². The van der Waals surface area contributed by atoms with Crippen molar-refractivity contribution in [2.45, 2.75) is 38.3 Å². The van der Waals surface area contributed by atoms with Crippen molar-refractivity contribution in [3.05, 3.63) is 0 Å². The Balaban J connectivity index is 2.60. The largest absolute Gasteiger partial charge is 0.480 e. The van der Waals surface area contributed by atoms with Crippen LogP contribution in [0.4, 0.5) is 0 Å². The monoisotopic (exact) mass is 244 g/mol. The van der Waals surface area contributed by atoms with Gasteiger partial charge in [0.05, 0.1) is 6.61 Å². The molecule has 2 atom stereocenters. The predicted molar refractivity (Wildman–Crippen MR) is 61.7 cm³/mol. The molecule has 1 fully saturated rings. The Kier molecular flexibility index (Phi) is 4.89. The summed E-state index contributed by atoms with van der Waals surface area (Å²) in [6, 6.07) is 0. The average molecular weight is 244 g/mol. The summed E-state index contributed by atoms with van der Waals surface area (Å²) in [7, 11) is 0. The quantitative estimate of drug-likeness (QED) is 0.620. The van der Waals surface area contributed by atoms with Crippen molar-refractivity contribution < 1.29 is 19.4 Å². The number of hydrogen-bond acceptors (Lipinski definition) is 4. The number of aliphatic carboxylic acids is 1. The van der Waals surface area contributed by atoms with Gasteiger partial charge < -0.3 is 20.5 Å². The molecule has 1 aliphatic heterocycles. The van der Waals surface area contributed by atoms with E-state index in [0.29, 0.717) is 26.0 Å². The van der Waals surface area contributed by atoms with Gasteiger partial charge in [-0.15, -0.1) is 0 Å².